The van der Waals surface area contributed by atoms with Gasteiger partial charge in [0.1, 0.15) is 0 Å². The first-order valence-corrected chi connectivity index (χ1v) is 4.44. The largest absolute Gasteiger partial charge is 0.325 e. The van der Waals surface area contributed by atoms with Crippen molar-refractivity contribution < 1.29 is 4.70 Å². The van der Waals surface area contributed by atoms with E-state index in [1.54, 1.807) is 0 Å². The van der Waals surface area contributed by atoms with Crippen LogP contribution >= 0.6 is 0 Å². The second kappa shape index (κ2) is 4.05. The minimum absolute atomic E-state index is 0. The molecule has 2 heteroatoms. The molecular formula is C9H20FN. The van der Waals surface area contributed by atoms with Gasteiger partial charge >= 0.3 is 0 Å². The highest BCUT2D eigenvalue weighted by atomic mass is 19.0. The lowest BCUT2D eigenvalue weighted by Gasteiger charge is -2.37. The summed E-state index contributed by atoms with van der Waals surface area (Å²) in [5.41, 5.74) is 6.38. The van der Waals surface area contributed by atoms with Crippen LogP contribution in [0.25, 0.3) is 0 Å². The van der Waals surface area contributed by atoms with Crippen LogP contribution in [0.3, 0.4) is 0 Å². The van der Waals surface area contributed by atoms with Gasteiger partial charge in [-0.1, -0.05) is 33.1 Å². The molecule has 1 aliphatic rings. The van der Waals surface area contributed by atoms with Crippen LogP contribution in [0.5, 0.6) is 0 Å². The predicted molar refractivity (Wildman–Crippen MR) is 47.3 cm³/mol. The zero-order valence-corrected chi connectivity index (χ0v) is 7.60. The molecule has 68 valence electrons. The van der Waals surface area contributed by atoms with Gasteiger partial charge < -0.3 is 5.73 Å². The summed E-state index contributed by atoms with van der Waals surface area (Å²) >= 11 is 0. The van der Waals surface area contributed by atoms with Gasteiger partial charge in [0.25, 0.3) is 0 Å². The Morgan fingerprint density at radius 3 is 1.82 bits per heavy atom. The molecule has 0 heterocycles. The first-order valence-electron chi connectivity index (χ1n) is 4.44. The van der Waals surface area contributed by atoms with Crippen molar-refractivity contribution in [3.05, 3.63) is 0 Å². The van der Waals surface area contributed by atoms with E-state index in [1.165, 1.54) is 32.1 Å². The zero-order valence-electron chi connectivity index (χ0n) is 7.60. The molecule has 0 aromatic heterocycles. The molecule has 0 saturated heterocycles. The molecule has 1 rings (SSSR count). The van der Waals surface area contributed by atoms with Crippen molar-refractivity contribution >= 4 is 0 Å². The maximum absolute atomic E-state index is 6.20. The number of nitrogens with two attached hydrogens (primary N) is 1. The van der Waals surface area contributed by atoms with Crippen LogP contribution in [0.2, 0.25) is 0 Å². The second-order valence-electron chi connectivity index (χ2n) is 3.95. The maximum Gasteiger partial charge on any atom is 0.0177 e. The molecule has 11 heavy (non-hydrogen) atoms. The Bertz CT molecular complexity index is 106. The van der Waals surface area contributed by atoms with Gasteiger partial charge in [-0.2, -0.15) is 0 Å². The monoisotopic (exact) mass is 161 g/mol. The third kappa shape index (κ3) is 2.44. The quantitative estimate of drug-likeness (QED) is 0.628. The van der Waals surface area contributed by atoms with E-state index in [1.807, 2.05) is 0 Å². The molecule has 0 atom stereocenters. The van der Waals surface area contributed by atoms with Gasteiger partial charge in [0, 0.05) is 5.54 Å². The van der Waals surface area contributed by atoms with E-state index in [9.17, 15) is 0 Å². The van der Waals surface area contributed by atoms with Gasteiger partial charge in [0.2, 0.25) is 0 Å². The molecule has 0 amide bonds. The highest BCUT2D eigenvalue weighted by molar-refractivity contribution is 4.89. The summed E-state index contributed by atoms with van der Waals surface area (Å²) in [6.45, 7) is 4.48. The van der Waals surface area contributed by atoms with Crippen molar-refractivity contribution in [1.82, 2.24) is 0 Å². The van der Waals surface area contributed by atoms with E-state index in [-0.39, 0.29) is 10.2 Å². The van der Waals surface area contributed by atoms with E-state index in [4.69, 9.17) is 5.73 Å². The molecule has 0 unspecified atom stereocenters. The molecule has 0 aromatic rings. The average Bonchev–Trinajstić information content (AvgIpc) is 1.89. The fourth-order valence-electron chi connectivity index (χ4n) is 1.79. The molecule has 0 spiro atoms. The van der Waals surface area contributed by atoms with E-state index in [2.05, 4.69) is 13.8 Å². The lowest BCUT2D eigenvalue weighted by molar-refractivity contribution is 0.222. The van der Waals surface area contributed by atoms with Crippen LogP contribution in [0.1, 0.15) is 46.0 Å². The van der Waals surface area contributed by atoms with Crippen molar-refractivity contribution in [2.75, 3.05) is 0 Å². The van der Waals surface area contributed by atoms with Gasteiger partial charge in [0.05, 0.1) is 0 Å². The van der Waals surface area contributed by atoms with Crippen LogP contribution in [0.15, 0.2) is 0 Å². The standard InChI is InChI=1S/C9H19N.FH/c1-8(2)9(10)6-4-3-5-7-9;/h8H,3-7,10H2,1-2H3;1H. The summed E-state index contributed by atoms with van der Waals surface area (Å²) in [6, 6.07) is 0. The summed E-state index contributed by atoms with van der Waals surface area (Å²) in [7, 11) is 0. The second-order valence-corrected chi connectivity index (χ2v) is 3.95. The van der Waals surface area contributed by atoms with Crippen LogP contribution in [0.4, 0.5) is 4.70 Å². The zero-order chi connectivity index (χ0) is 7.61. The van der Waals surface area contributed by atoms with E-state index < -0.39 is 0 Å². The topological polar surface area (TPSA) is 26.0 Å². The van der Waals surface area contributed by atoms with Crippen molar-refractivity contribution in [1.29, 1.82) is 0 Å². The van der Waals surface area contributed by atoms with Crippen LogP contribution in [0, 0.1) is 5.92 Å². The van der Waals surface area contributed by atoms with Crippen LogP contribution < -0.4 is 5.73 Å². The Balaban J connectivity index is 0.000001000. The van der Waals surface area contributed by atoms with E-state index in [0.29, 0.717) is 5.92 Å². The maximum atomic E-state index is 6.20. The predicted octanol–water partition coefficient (Wildman–Crippen LogP) is 2.46. The fourth-order valence-corrected chi connectivity index (χ4v) is 1.79. The fraction of sp³-hybridized carbons (Fsp3) is 1.00. The average molecular weight is 161 g/mol. The smallest absolute Gasteiger partial charge is 0.0177 e. The van der Waals surface area contributed by atoms with Gasteiger partial charge in [-0.15, -0.1) is 0 Å². The molecular weight excluding hydrogens is 141 g/mol. The first-order chi connectivity index (χ1) is 4.65. The lowest BCUT2D eigenvalue weighted by Crippen LogP contribution is -2.46. The number of hydrogen-bond donors (Lipinski definition) is 1. The number of rotatable bonds is 1. The summed E-state index contributed by atoms with van der Waals surface area (Å²) < 4.78 is 0. The highest BCUT2D eigenvalue weighted by Gasteiger charge is 2.30. The Morgan fingerprint density at radius 1 is 1.09 bits per heavy atom. The first kappa shape index (κ1) is 10.9. The van der Waals surface area contributed by atoms with Crippen LogP contribution in [-0.2, 0) is 0 Å². The molecule has 1 fully saturated rings. The minimum Gasteiger partial charge on any atom is -0.325 e. The van der Waals surface area contributed by atoms with Crippen molar-refractivity contribution in [3.63, 3.8) is 0 Å². The summed E-state index contributed by atoms with van der Waals surface area (Å²) in [4.78, 5) is 0. The third-order valence-corrected chi connectivity index (χ3v) is 2.93. The molecule has 1 nitrogen and oxygen atoms in total. The van der Waals surface area contributed by atoms with Gasteiger partial charge in [0.15, 0.2) is 0 Å². The number of halogens is 1. The molecule has 0 aromatic carbocycles. The van der Waals surface area contributed by atoms with E-state index >= 15 is 0 Å². The third-order valence-electron chi connectivity index (χ3n) is 2.93. The summed E-state index contributed by atoms with van der Waals surface area (Å²) in [5.74, 6) is 0.660. The lowest BCUT2D eigenvalue weighted by atomic mass is 9.75. The van der Waals surface area contributed by atoms with Crippen molar-refractivity contribution in [2.24, 2.45) is 11.7 Å². The van der Waals surface area contributed by atoms with Gasteiger partial charge in [-0.3, -0.25) is 4.70 Å². The van der Waals surface area contributed by atoms with E-state index in [0.717, 1.165) is 0 Å². The SMILES string of the molecule is CC(C)C1(N)CCCCC1.F. The Hall–Kier alpha value is -0.110. The molecule has 0 aliphatic heterocycles. The Kier molecular flexibility index (Phi) is 4.01. The summed E-state index contributed by atoms with van der Waals surface area (Å²) in [6.07, 6.45) is 6.56. The molecule has 1 aliphatic carbocycles. The van der Waals surface area contributed by atoms with Gasteiger partial charge in [-0.05, 0) is 18.8 Å². The van der Waals surface area contributed by atoms with Crippen molar-refractivity contribution in [2.45, 2.75) is 51.5 Å². The highest BCUT2D eigenvalue weighted by Crippen LogP contribution is 2.31. The summed E-state index contributed by atoms with van der Waals surface area (Å²) in [5, 5.41) is 0. The molecule has 1 saturated carbocycles. The Morgan fingerprint density at radius 2 is 1.55 bits per heavy atom. The minimum atomic E-state index is 0. The molecule has 0 bridgehead atoms. The normalized spacial score (nSPS) is 22.9. The Labute approximate surface area is 68.7 Å². The molecule has 0 radical (unpaired) electrons. The van der Waals surface area contributed by atoms with Crippen LogP contribution in [-0.4, -0.2) is 5.54 Å². The molecule has 2 N–H and O–H groups in total. The van der Waals surface area contributed by atoms with Crippen molar-refractivity contribution in [3.8, 4) is 0 Å². The number of hydrogen-bond acceptors (Lipinski definition) is 1. The van der Waals surface area contributed by atoms with Gasteiger partial charge in [-0.25, -0.2) is 0 Å².